The van der Waals surface area contributed by atoms with Gasteiger partial charge in [0.1, 0.15) is 12.0 Å². The highest BCUT2D eigenvalue weighted by atomic mass is 32.2. The normalized spacial score (nSPS) is 25.1. The standard InChI is InChI=1S/C17H29N5O4S/c1-3-18-16(19-13-17(2)5-11-25-14-17)21-6-8-22(9-7-21)27(23,24)12-15-4-10-26-20-15/h4,10H,3,5-9,11-14H2,1-2H3,(H,18,19). The van der Waals surface area contributed by atoms with Crippen LogP contribution in [0.4, 0.5) is 0 Å². The van der Waals surface area contributed by atoms with Gasteiger partial charge in [-0.05, 0) is 13.3 Å². The van der Waals surface area contributed by atoms with Gasteiger partial charge in [0.05, 0.1) is 18.8 Å². The van der Waals surface area contributed by atoms with Crippen LogP contribution >= 0.6 is 0 Å². The van der Waals surface area contributed by atoms with E-state index in [1.165, 1.54) is 10.6 Å². The molecule has 152 valence electrons. The zero-order valence-electron chi connectivity index (χ0n) is 16.1. The van der Waals surface area contributed by atoms with Crippen LogP contribution < -0.4 is 5.32 Å². The molecule has 3 heterocycles. The quantitative estimate of drug-likeness (QED) is 0.550. The van der Waals surface area contributed by atoms with Crippen molar-refractivity contribution in [2.45, 2.75) is 26.0 Å². The molecular formula is C17H29N5O4S. The molecule has 0 radical (unpaired) electrons. The van der Waals surface area contributed by atoms with Gasteiger partial charge in [0.15, 0.2) is 5.96 Å². The van der Waals surface area contributed by atoms with Gasteiger partial charge in [-0.25, -0.2) is 8.42 Å². The Hall–Kier alpha value is -1.65. The van der Waals surface area contributed by atoms with Gasteiger partial charge in [-0.2, -0.15) is 4.31 Å². The molecule has 0 amide bonds. The number of hydrogen-bond donors (Lipinski definition) is 1. The molecule has 1 N–H and O–H groups in total. The molecule has 0 saturated carbocycles. The maximum atomic E-state index is 12.6. The van der Waals surface area contributed by atoms with E-state index >= 15 is 0 Å². The van der Waals surface area contributed by atoms with Gasteiger partial charge in [-0.3, -0.25) is 4.99 Å². The third-order valence-corrected chi connectivity index (χ3v) is 6.81. The van der Waals surface area contributed by atoms with E-state index in [-0.39, 0.29) is 11.2 Å². The Labute approximate surface area is 160 Å². The number of nitrogens with zero attached hydrogens (tertiary/aromatic N) is 4. The van der Waals surface area contributed by atoms with Crippen LogP contribution in [0.15, 0.2) is 21.8 Å². The van der Waals surface area contributed by atoms with Gasteiger partial charge in [0.25, 0.3) is 0 Å². The number of nitrogens with one attached hydrogen (secondary N) is 1. The average Bonchev–Trinajstić information content (AvgIpc) is 3.31. The molecule has 27 heavy (non-hydrogen) atoms. The first-order chi connectivity index (χ1) is 12.9. The van der Waals surface area contributed by atoms with Crippen molar-refractivity contribution in [3.63, 3.8) is 0 Å². The summed E-state index contributed by atoms with van der Waals surface area (Å²) in [7, 11) is -3.40. The summed E-state index contributed by atoms with van der Waals surface area (Å²) in [6, 6.07) is 1.58. The minimum Gasteiger partial charge on any atom is -0.381 e. The van der Waals surface area contributed by atoms with Crippen LogP contribution in [-0.4, -0.2) is 81.2 Å². The van der Waals surface area contributed by atoms with Crippen molar-refractivity contribution in [1.29, 1.82) is 0 Å². The maximum absolute atomic E-state index is 12.6. The second kappa shape index (κ2) is 8.57. The van der Waals surface area contributed by atoms with Gasteiger partial charge in [0.2, 0.25) is 10.0 Å². The van der Waals surface area contributed by atoms with E-state index < -0.39 is 10.0 Å². The van der Waals surface area contributed by atoms with Gasteiger partial charge in [-0.1, -0.05) is 12.1 Å². The van der Waals surface area contributed by atoms with E-state index in [1.807, 2.05) is 6.92 Å². The summed E-state index contributed by atoms with van der Waals surface area (Å²) in [5.74, 6) is 0.718. The Morgan fingerprint density at radius 3 is 2.74 bits per heavy atom. The third-order valence-electron chi connectivity index (χ3n) is 5.00. The largest absolute Gasteiger partial charge is 0.381 e. The fourth-order valence-electron chi connectivity index (χ4n) is 3.29. The summed E-state index contributed by atoms with van der Waals surface area (Å²) in [6.45, 7) is 9.34. The lowest BCUT2D eigenvalue weighted by molar-refractivity contribution is 0.162. The van der Waals surface area contributed by atoms with Gasteiger partial charge in [0, 0.05) is 50.8 Å². The van der Waals surface area contributed by atoms with E-state index in [9.17, 15) is 8.42 Å². The fraction of sp³-hybridized carbons (Fsp3) is 0.765. The van der Waals surface area contributed by atoms with Gasteiger partial charge in [-0.15, -0.1) is 0 Å². The van der Waals surface area contributed by atoms with E-state index in [1.54, 1.807) is 6.07 Å². The summed E-state index contributed by atoms with van der Waals surface area (Å²) in [5, 5.41) is 7.03. The van der Waals surface area contributed by atoms with Crippen molar-refractivity contribution >= 4 is 16.0 Å². The smallest absolute Gasteiger partial charge is 0.220 e. The Morgan fingerprint density at radius 1 is 1.37 bits per heavy atom. The number of aromatic nitrogens is 1. The lowest BCUT2D eigenvalue weighted by Crippen LogP contribution is -2.54. The Balaban J connectivity index is 1.58. The number of hydrogen-bond acceptors (Lipinski definition) is 6. The van der Waals surface area contributed by atoms with Crippen LogP contribution in [0, 0.1) is 5.41 Å². The topological polar surface area (TPSA) is 100 Å². The van der Waals surface area contributed by atoms with Crippen LogP contribution in [-0.2, 0) is 20.5 Å². The number of sulfonamides is 1. The highest BCUT2D eigenvalue weighted by Gasteiger charge is 2.31. The zero-order chi connectivity index (χ0) is 19.3. The zero-order valence-corrected chi connectivity index (χ0v) is 16.9. The predicted molar refractivity (Wildman–Crippen MR) is 102 cm³/mol. The first-order valence-electron chi connectivity index (χ1n) is 9.40. The third kappa shape index (κ3) is 5.20. The second-order valence-electron chi connectivity index (χ2n) is 7.42. The Kier molecular flexibility index (Phi) is 6.38. The summed E-state index contributed by atoms with van der Waals surface area (Å²) in [5.41, 5.74) is 0.517. The van der Waals surface area contributed by atoms with Crippen molar-refractivity contribution < 1.29 is 17.7 Å². The van der Waals surface area contributed by atoms with Crippen LogP contribution in [0.1, 0.15) is 26.0 Å². The molecule has 3 rings (SSSR count). The minimum atomic E-state index is -3.40. The van der Waals surface area contributed by atoms with E-state index in [2.05, 4.69) is 22.3 Å². The predicted octanol–water partition coefficient (Wildman–Crippen LogP) is 0.514. The molecule has 1 atom stereocenters. The molecule has 2 aliphatic heterocycles. The van der Waals surface area contributed by atoms with Crippen LogP contribution in [0.2, 0.25) is 0 Å². The highest BCUT2D eigenvalue weighted by molar-refractivity contribution is 7.88. The summed E-state index contributed by atoms with van der Waals surface area (Å²) < 4.78 is 36.9. The van der Waals surface area contributed by atoms with Crippen molar-refractivity contribution in [3.05, 3.63) is 18.0 Å². The maximum Gasteiger partial charge on any atom is 0.220 e. The molecule has 0 bridgehead atoms. The van der Waals surface area contributed by atoms with Crippen molar-refractivity contribution in [3.8, 4) is 0 Å². The van der Waals surface area contributed by atoms with Crippen LogP contribution in [0.5, 0.6) is 0 Å². The molecule has 2 aliphatic rings. The molecule has 9 nitrogen and oxygen atoms in total. The molecule has 2 fully saturated rings. The molecule has 1 aromatic heterocycles. The molecule has 0 spiro atoms. The molecule has 1 unspecified atom stereocenters. The second-order valence-corrected chi connectivity index (χ2v) is 9.39. The summed E-state index contributed by atoms with van der Waals surface area (Å²) >= 11 is 0. The molecule has 0 aromatic carbocycles. The summed E-state index contributed by atoms with van der Waals surface area (Å²) in [4.78, 5) is 6.93. The van der Waals surface area contributed by atoms with Crippen molar-refractivity contribution in [2.24, 2.45) is 10.4 Å². The Bertz CT molecular complexity index is 721. The van der Waals surface area contributed by atoms with Crippen LogP contribution in [0.3, 0.4) is 0 Å². The van der Waals surface area contributed by atoms with E-state index in [4.69, 9.17) is 14.3 Å². The number of ether oxygens (including phenoxy) is 1. The lowest BCUT2D eigenvalue weighted by atomic mass is 9.90. The first-order valence-corrected chi connectivity index (χ1v) is 11.0. The van der Waals surface area contributed by atoms with Crippen molar-refractivity contribution in [1.82, 2.24) is 19.7 Å². The van der Waals surface area contributed by atoms with E-state index in [0.29, 0.717) is 38.4 Å². The summed E-state index contributed by atoms with van der Waals surface area (Å²) in [6.07, 6.45) is 2.40. The molecule has 0 aliphatic carbocycles. The SMILES string of the molecule is CCNC(=NCC1(C)CCOC1)N1CCN(S(=O)(=O)Cc2ccon2)CC1. The lowest BCUT2D eigenvalue weighted by Gasteiger charge is -2.36. The average molecular weight is 400 g/mol. The van der Waals surface area contributed by atoms with Crippen molar-refractivity contribution in [2.75, 3.05) is 52.5 Å². The van der Waals surface area contributed by atoms with Gasteiger partial charge < -0.3 is 19.5 Å². The molecule has 2 saturated heterocycles. The van der Waals surface area contributed by atoms with Crippen LogP contribution in [0.25, 0.3) is 0 Å². The van der Waals surface area contributed by atoms with Gasteiger partial charge >= 0.3 is 0 Å². The first kappa shape index (κ1) is 20.1. The van der Waals surface area contributed by atoms with E-state index in [0.717, 1.165) is 32.1 Å². The molecule has 1 aromatic rings. The number of aliphatic imine (C=N–C) groups is 1. The number of piperazine rings is 1. The highest BCUT2D eigenvalue weighted by Crippen LogP contribution is 2.28. The fourth-order valence-corrected chi connectivity index (χ4v) is 4.72. The Morgan fingerprint density at radius 2 is 2.15 bits per heavy atom. The minimum absolute atomic E-state index is 0.0867. The molecule has 10 heteroatoms. The number of guanidine groups is 1. The monoisotopic (exact) mass is 399 g/mol. The molecular weight excluding hydrogens is 370 g/mol. The number of rotatable bonds is 6.